The minimum Gasteiger partial charge on any atom is -0.328 e. The molecule has 2 N–H and O–H groups in total. The van der Waals surface area contributed by atoms with Crippen molar-refractivity contribution in [1.29, 1.82) is 0 Å². The summed E-state index contributed by atoms with van der Waals surface area (Å²) in [5, 5.41) is 0. The Morgan fingerprint density at radius 3 is 2.44 bits per heavy atom. The number of hydrogen-bond acceptors (Lipinski definition) is 1. The van der Waals surface area contributed by atoms with Crippen LogP contribution in [0.4, 0.5) is 8.78 Å². The molecule has 0 heterocycles. The van der Waals surface area contributed by atoms with Gasteiger partial charge in [-0.25, -0.2) is 8.78 Å². The van der Waals surface area contributed by atoms with E-state index in [0.717, 1.165) is 31.7 Å². The number of halogens is 2. The normalized spacial score (nSPS) is 14.5. The van der Waals surface area contributed by atoms with Crippen molar-refractivity contribution < 1.29 is 8.78 Å². The highest BCUT2D eigenvalue weighted by molar-refractivity contribution is 5.19. The summed E-state index contributed by atoms with van der Waals surface area (Å²) in [7, 11) is 0. The maximum absolute atomic E-state index is 13.6. The quantitative estimate of drug-likeness (QED) is 0.781. The van der Waals surface area contributed by atoms with Crippen LogP contribution in [0.25, 0.3) is 0 Å². The number of rotatable bonds is 7. The third kappa shape index (κ3) is 5.13. The third-order valence-corrected chi connectivity index (χ3v) is 3.25. The van der Waals surface area contributed by atoms with E-state index in [-0.39, 0.29) is 6.04 Å². The second-order valence-corrected chi connectivity index (χ2v) is 5.15. The molecule has 1 aromatic rings. The summed E-state index contributed by atoms with van der Waals surface area (Å²) in [6.45, 7) is 4.11. The van der Waals surface area contributed by atoms with Crippen molar-refractivity contribution in [2.45, 2.75) is 52.0 Å². The fourth-order valence-corrected chi connectivity index (χ4v) is 2.25. The van der Waals surface area contributed by atoms with Gasteiger partial charge >= 0.3 is 0 Å². The Bertz CT molecular complexity index is 364. The molecule has 102 valence electrons. The van der Waals surface area contributed by atoms with E-state index in [2.05, 4.69) is 6.92 Å². The van der Waals surface area contributed by atoms with E-state index in [1.165, 1.54) is 6.07 Å². The molecule has 1 aromatic carbocycles. The summed E-state index contributed by atoms with van der Waals surface area (Å²) in [4.78, 5) is 0. The first kappa shape index (κ1) is 15.1. The molecule has 0 bridgehead atoms. The SMILES string of the molecule is CCCC(CCC(C)N)Cc1ccc(F)cc1F. The molecule has 18 heavy (non-hydrogen) atoms. The van der Waals surface area contributed by atoms with Crippen LogP contribution in [-0.4, -0.2) is 6.04 Å². The Morgan fingerprint density at radius 1 is 1.17 bits per heavy atom. The Morgan fingerprint density at radius 2 is 1.89 bits per heavy atom. The van der Waals surface area contributed by atoms with E-state index in [1.54, 1.807) is 6.07 Å². The van der Waals surface area contributed by atoms with Crippen molar-refractivity contribution in [3.63, 3.8) is 0 Å². The van der Waals surface area contributed by atoms with Crippen molar-refractivity contribution >= 4 is 0 Å². The first-order chi connectivity index (χ1) is 8.52. The molecule has 1 rings (SSSR count). The van der Waals surface area contributed by atoms with Crippen LogP contribution in [0, 0.1) is 17.6 Å². The van der Waals surface area contributed by atoms with Crippen LogP contribution in [0.3, 0.4) is 0 Å². The van der Waals surface area contributed by atoms with E-state index in [4.69, 9.17) is 5.73 Å². The summed E-state index contributed by atoms with van der Waals surface area (Å²) in [6, 6.07) is 4.03. The molecule has 0 fully saturated rings. The molecule has 0 saturated heterocycles. The summed E-state index contributed by atoms with van der Waals surface area (Å²) in [5.41, 5.74) is 6.37. The molecule has 2 unspecified atom stereocenters. The van der Waals surface area contributed by atoms with E-state index in [9.17, 15) is 8.78 Å². The molecule has 0 aliphatic heterocycles. The van der Waals surface area contributed by atoms with E-state index in [0.29, 0.717) is 17.9 Å². The van der Waals surface area contributed by atoms with Crippen LogP contribution >= 0.6 is 0 Å². The third-order valence-electron chi connectivity index (χ3n) is 3.25. The largest absolute Gasteiger partial charge is 0.328 e. The molecule has 0 amide bonds. The van der Waals surface area contributed by atoms with Crippen LogP contribution in [0.2, 0.25) is 0 Å². The van der Waals surface area contributed by atoms with Crippen LogP contribution in [0.5, 0.6) is 0 Å². The molecule has 0 spiro atoms. The highest BCUT2D eigenvalue weighted by atomic mass is 19.1. The van der Waals surface area contributed by atoms with Crippen LogP contribution in [0.15, 0.2) is 18.2 Å². The standard InChI is InChI=1S/C15H23F2N/c1-3-4-12(6-5-11(2)18)9-13-7-8-14(16)10-15(13)17/h7-8,10-12H,3-6,9,18H2,1-2H3. The minimum absolute atomic E-state index is 0.183. The van der Waals surface area contributed by atoms with Gasteiger partial charge in [0.25, 0.3) is 0 Å². The molecule has 0 aromatic heterocycles. The van der Waals surface area contributed by atoms with Crippen LogP contribution < -0.4 is 5.73 Å². The lowest BCUT2D eigenvalue weighted by molar-refractivity contribution is 0.407. The lowest BCUT2D eigenvalue weighted by Crippen LogP contribution is -2.17. The molecule has 3 heteroatoms. The molecule has 1 nitrogen and oxygen atoms in total. The van der Waals surface area contributed by atoms with Gasteiger partial charge in [-0.1, -0.05) is 25.8 Å². The average molecular weight is 255 g/mol. The summed E-state index contributed by atoms with van der Waals surface area (Å²) in [5.74, 6) is -0.517. The van der Waals surface area contributed by atoms with Crippen LogP contribution in [0.1, 0.15) is 45.1 Å². The van der Waals surface area contributed by atoms with Crippen LogP contribution in [-0.2, 0) is 6.42 Å². The van der Waals surface area contributed by atoms with Crippen molar-refractivity contribution in [1.82, 2.24) is 0 Å². The van der Waals surface area contributed by atoms with E-state index in [1.807, 2.05) is 6.92 Å². The maximum atomic E-state index is 13.6. The molecular weight excluding hydrogens is 232 g/mol. The molecule has 0 aliphatic rings. The molecule has 2 atom stereocenters. The van der Waals surface area contributed by atoms with Gasteiger partial charge in [0.15, 0.2) is 0 Å². The van der Waals surface area contributed by atoms with E-state index < -0.39 is 11.6 Å². The lowest BCUT2D eigenvalue weighted by Gasteiger charge is -2.17. The van der Waals surface area contributed by atoms with Gasteiger partial charge in [0.05, 0.1) is 0 Å². The Hall–Kier alpha value is -0.960. The average Bonchev–Trinajstić information content (AvgIpc) is 2.29. The topological polar surface area (TPSA) is 26.0 Å². The predicted octanol–water partition coefficient (Wildman–Crippen LogP) is 4.05. The van der Waals surface area contributed by atoms with Gasteiger partial charge in [-0.05, 0) is 43.7 Å². The molecule has 0 radical (unpaired) electrons. The van der Waals surface area contributed by atoms with Gasteiger partial charge in [-0.15, -0.1) is 0 Å². The van der Waals surface area contributed by atoms with Crippen molar-refractivity contribution in [2.75, 3.05) is 0 Å². The Kier molecular flexibility index (Phi) is 6.27. The first-order valence-corrected chi connectivity index (χ1v) is 6.72. The maximum Gasteiger partial charge on any atom is 0.129 e. The van der Waals surface area contributed by atoms with Crippen molar-refractivity contribution in [2.24, 2.45) is 11.7 Å². The number of nitrogens with two attached hydrogens (primary N) is 1. The Balaban J connectivity index is 2.64. The second-order valence-electron chi connectivity index (χ2n) is 5.15. The van der Waals surface area contributed by atoms with E-state index >= 15 is 0 Å². The summed E-state index contributed by atoms with van der Waals surface area (Å²) < 4.78 is 26.4. The smallest absolute Gasteiger partial charge is 0.129 e. The summed E-state index contributed by atoms with van der Waals surface area (Å²) >= 11 is 0. The zero-order chi connectivity index (χ0) is 13.5. The molecule has 0 aliphatic carbocycles. The lowest BCUT2D eigenvalue weighted by atomic mass is 9.89. The number of benzene rings is 1. The first-order valence-electron chi connectivity index (χ1n) is 6.72. The van der Waals surface area contributed by atoms with Crippen molar-refractivity contribution in [3.8, 4) is 0 Å². The molecular formula is C15H23F2N. The molecule has 0 saturated carbocycles. The van der Waals surface area contributed by atoms with Gasteiger partial charge < -0.3 is 5.73 Å². The Labute approximate surface area is 108 Å². The number of hydrogen-bond donors (Lipinski definition) is 1. The van der Waals surface area contributed by atoms with Crippen molar-refractivity contribution in [3.05, 3.63) is 35.4 Å². The van der Waals surface area contributed by atoms with Gasteiger partial charge in [0.2, 0.25) is 0 Å². The highest BCUT2D eigenvalue weighted by Crippen LogP contribution is 2.22. The fourth-order valence-electron chi connectivity index (χ4n) is 2.25. The zero-order valence-electron chi connectivity index (χ0n) is 11.3. The second kappa shape index (κ2) is 7.47. The zero-order valence-corrected chi connectivity index (χ0v) is 11.3. The predicted molar refractivity (Wildman–Crippen MR) is 71.3 cm³/mol. The summed E-state index contributed by atoms with van der Waals surface area (Å²) in [6.07, 6.45) is 4.76. The van der Waals surface area contributed by atoms with Gasteiger partial charge in [0, 0.05) is 12.1 Å². The van der Waals surface area contributed by atoms with Gasteiger partial charge in [0.1, 0.15) is 11.6 Å². The van der Waals surface area contributed by atoms with Gasteiger partial charge in [-0.3, -0.25) is 0 Å². The fraction of sp³-hybridized carbons (Fsp3) is 0.600. The van der Waals surface area contributed by atoms with Gasteiger partial charge in [-0.2, -0.15) is 0 Å². The minimum atomic E-state index is -0.515. The highest BCUT2D eigenvalue weighted by Gasteiger charge is 2.13. The monoisotopic (exact) mass is 255 g/mol.